The molecule has 0 saturated heterocycles. The van der Waals surface area contributed by atoms with Gasteiger partial charge in [-0.25, -0.2) is 0 Å². The maximum absolute atomic E-state index is 12.7. The molecular formula is C22H27NO3. The van der Waals surface area contributed by atoms with Crippen molar-refractivity contribution >= 4 is 5.97 Å². The lowest BCUT2D eigenvalue weighted by molar-refractivity contribution is -0.149. The predicted octanol–water partition coefficient (Wildman–Crippen LogP) is 3.84. The van der Waals surface area contributed by atoms with Crippen molar-refractivity contribution in [1.82, 2.24) is 5.32 Å². The molecule has 0 radical (unpaired) electrons. The molecule has 3 rings (SSSR count). The Balaban J connectivity index is 1.70. The van der Waals surface area contributed by atoms with Crippen LogP contribution in [0.1, 0.15) is 36.8 Å². The van der Waals surface area contributed by atoms with Gasteiger partial charge in [-0.2, -0.15) is 0 Å². The van der Waals surface area contributed by atoms with Gasteiger partial charge in [0.1, 0.15) is 5.75 Å². The van der Waals surface area contributed by atoms with Crippen molar-refractivity contribution < 1.29 is 14.3 Å². The summed E-state index contributed by atoms with van der Waals surface area (Å²) in [5.74, 6) is 0.627. The highest BCUT2D eigenvalue weighted by atomic mass is 16.5. The van der Waals surface area contributed by atoms with E-state index in [9.17, 15) is 4.79 Å². The molecule has 138 valence electrons. The summed E-state index contributed by atoms with van der Waals surface area (Å²) in [6.07, 6.45) is 3.44. The number of carbonyl (C=O) groups excluding carboxylic acids is 1. The molecule has 26 heavy (non-hydrogen) atoms. The Morgan fingerprint density at radius 1 is 1.08 bits per heavy atom. The zero-order chi connectivity index (χ0) is 18.4. The molecule has 0 aliphatic heterocycles. The smallest absolute Gasteiger partial charge is 0.316 e. The van der Waals surface area contributed by atoms with E-state index in [-0.39, 0.29) is 5.97 Å². The topological polar surface area (TPSA) is 47.6 Å². The van der Waals surface area contributed by atoms with E-state index in [1.165, 1.54) is 12.7 Å². The normalized spacial score (nSPS) is 22.6. The summed E-state index contributed by atoms with van der Waals surface area (Å²) in [7, 11) is 3.12. The van der Waals surface area contributed by atoms with E-state index in [1.54, 1.807) is 7.11 Å². The van der Waals surface area contributed by atoms with Crippen LogP contribution in [0.15, 0.2) is 54.6 Å². The average Bonchev–Trinajstić information content (AvgIpc) is 2.72. The Labute approximate surface area is 155 Å². The standard InChI is InChI=1S/C22H27NO3/c1-25-20-10-6-9-18(15-20)22(21(24)26-2)13-11-19(12-14-22)23-16-17-7-4-3-5-8-17/h3-10,15,19,23H,11-14,16H2,1-2H3. The molecule has 1 fully saturated rings. The summed E-state index contributed by atoms with van der Waals surface area (Å²) in [6, 6.07) is 18.6. The highest BCUT2D eigenvalue weighted by Crippen LogP contribution is 2.41. The van der Waals surface area contributed by atoms with Crippen molar-refractivity contribution in [1.29, 1.82) is 0 Å². The molecule has 4 nitrogen and oxygen atoms in total. The van der Waals surface area contributed by atoms with Crippen LogP contribution in [-0.2, 0) is 21.5 Å². The van der Waals surface area contributed by atoms with E-state index >= 15 is 0 Å². The van der Waals surface area contributed by atoms with Crippen molar-refractivity contribution in [3.05, 3.63) is 65.7 Å². The van der Waals surface area contributed by atoms with Crippen molar-refractivity contribution in [3.63, 3.8) is 0 Å². The van der Waals surface area contributed by atoms with Crippen LogP contribution < -0.4 is 10.1 Å². The molecule has 4 heteroatoms. The minimum atomic E-state index is -0.575. The molecule has 0 unspecified atom stereocenters. The Hall–Kier alpha value is -2.33. The Morgan fingerprint density at radius 3 is 2.46 bits per heavy atom. The molecule has 1 aliphatic carbocycles. The number of benzene rings is 2. The first-order valence-electron chi connectivity index (χ1n) is 9.18. The van der Waals surface area contributed by atoms with Gasteiger partial charge in [-0.1, -0.05) is 42.5 Å². The van der Waals surface area contributed by atoms with Crippen LogP contribution in [-0.4, -0.2) is 26.2 Å². The van der Waals surface area contributed by atoms with Gasteiger partial charge < -0.3 is 14.8 Å². The Morgan fingerprint density at radius 2 is 1.81 bits per heavy atom. The van der Waals surface area contributed by atoms with Gasteiger partial charge in [0.05, 0.1) is 19.6 Å². The maximum Gasteiger partial charge on any atom is 0.316 e. The first-order valence-corrected chi connectivity index (χ1v) is 9.18. The first-order chi connectivity index (χ1) is 12.7. The van der Waals surface area contributed by atoms with Crippen molar-refractivity contribution in [2.45, 2.75) is 43.7 Å². The van der Waals surface area contributed by atoms with Gasteiger partial charge in [-0.05, 0) is 48.9 Å². The molecular weight excluding hydrogens is 326 g/mol. The van der Waals surface area contributed by atoms with E-state index in [0.717, 1.165) is 43.5 Å². The summed E-state index contributed by atoms with van der Waals surface area (Å²) in [6.45, 7) is 0.857. The van der Waals surface area contributed by atoms with Gasteiger partial charge >= 0.3 is 5.97 Å². The van der Waals surface area contributed by atoms with Crippen LogP contribution in [0.2, 0.25) is 0 Å². The summed E-state index contributed by atoms with van der Waals surface area (Å²) in [4.78, 5) is 12.7. The average molecular weight is 353 g/mol. The van der Waals surface area contributed by atoms with Crippen LogP contribution in [0, 0.1) is 0 Å². The fourth-order valence-electron chi connectivity index (χ4n) is 3.90. The predicted molar refractivity (Wildman–Crippen MR) is 102 cm³/mol. The molecule has 1 aliphatic rings. The van der Waals surface area contributed by atoms with Crippen LogP contribution in [0.5, 0.6) is 5.75 Å². The number of hydrogen-bond acceptors (Lipinski definition) is 4. The molecule has 0 amide bonds. The molecule has 0 atom stereocenters. The van der Waals surface area contributed by atoms with E-state index in [2.05, 4.69) is 29.6 Å². The molecule has 2 aromatic carbocycles. The Kier molecular flexibility index (Phi) is 5.94. The lowest BCUT2D eigenvalue weighted by atomic mass is 9.68. The third kappa shape index (κ3) is 3.91. The van der Waals surface area contributed by atoms with E-state index in [1.807, 2.05) is 30.3 Å². The van der Waals surface area contributed by atoms with Crippen LogP contribution in [0.25, 0.3) is 0 Å². The lowest BCUT2D eigenvalue weighted by Gasteiger charge is -2.38. The number of ether oxygens (including phenoxy) is 2. The SMILES string of the molecule is COC(=O)C1(c2cccc(OC)c2)CCC(NCc2ccccc2)CC1. The highest BCUT2D eigenvalue weighted by Gasteiger charge is 2.44. The first kappa shape index (κ1) is 18.5. The fourth-order valence-corrected chi connectivity index (χ4v) is 3.90. The summed E-state index contributed by atoms with van der Waals surface area (Å²) >= 11 is 0. The summed E-state index contributed by atoms with van der Waals surface area (Å²) in [5, 5.41) is 3.63. The summed E-state index contributed by atoms with van der Waals surface area (Å²) in [5.41, 5.74) is 1.70. The van der Waals surface area contributed by atoms with Gasteiger partial charge in [0, 0.05) is 12.6 Å². The quantitative estimate of drug-likeness (QED) is 0.802. The second kappa shape index (κ2) is 8.37. The Bertz CT molecular complexity index is 721. The summed E-state index contributed by atoms with van der Waals surface area (Å²) < 4.78 is 10.5. The number of rotatable bonds is 6. The highest BCUT2D eigenvalue weighted by molar-refractivity contribution is 5.83. The largest absolute Gasteiger partial charge is 0.497 e. The van der Waals surface area contributed by atoms with Crippen LogP contribution in [0.4, 0.5) is 0 Å². The molecule has 2 aromatic rings. The molecule has 0 bridgehead atoms. The number of methoxy groups -OCH3 is 2. The van der Waals surface area contributed by atoms with Crippen molar-refractivity contribution in [3.8, 4) is 5.75 Å². The number of nitrogens with one attached hydrogen (secondary N) is 1. The maximum atomic E-state index is 12.7. The minimum absolute atomic E-state index is 0.146. The number of hydrogen-bond donors (Lipinski definition) is 1. The third-order valence-electron chi connectivity index (χ3n) is 5.48. The third-order valence-corrected chi connectivity index (χ3v) is 5.48. The van der Waals surface area contributed by atoms with Gasteiger partial charge in [0.2, 0.25) is 0 Å². The van der Waals surface area contributed by atoms with Crippen molar-refractivity contribution in [2.24, 2.45) is 0 Å². The van der Waals surface area contributed by atoms with Gasteiger partial charge in [-0.3, -0.25) is 4.79 Å². The molecule has 1 N–H and O–H groups in total. The number of esters is 1. The second-order valence-electron chi connectivity index (χ2n) is 6.95. The van der Waals surface area contributed by atoms with Crippen LogP contribution >= 0.6 is 0 Å². The molecule has 1 saturated carbocycles. The van der Waals surface area contributed by atoms with Gasteiger partial charge in [0.15, 0.2) is 0 Å². The lowest BCUT2D eigenvalue weighted by Crippen LogP contribution is -2.44. The van der Waals surface area contributed by atoms with Gasteiger partial charge in [0.25, 0.3) is 0 Å². The molecule has 0 aromatic heterocycles. The zero-order valence-corrected chi connectivity index (χ0v) is 15.5. The zero-order valence-electron chi connectivity index (χ0n) is 15.5. The molecule has 0 heterocycles. The van der Waals surface area contributed by atoms with E-state index in [0.29, 0.717) is 6.04 Å². The fraction of sp³-hybridized carbons (Fsp3) is 0.409. The van der Waals surface area contributed by atoms with E-state index in [4.69, 9.17) is 9.47 Å². The van der Waals surface area contributed by atoms with Gasteiger partial charge in [-0.15, -0.1) is 0 Å². The minimum Gasteiger partial charge on any atom is -0.497 e. The number of carbonyl (C=O) groups is 1. The van der Waals surface area contributed by atoms with Crippen molar-refractivity contribution in [2.75, 3.05) is 14.2 Å². The van der Waals surface area contributed by atoms with E-state index < -0.39 is 5.41 Å². The monoisotopic (exact) mass is 353 g/mol. The second-order valence-corrected chi connectivity index (χ2v) is 6.95. The van der Waals surface area contributed by atoms with Crippen LogP contribution in [0.3, 0.4) is 0 Å². The molecule has 0 spiro atoms.